The third-order valence-electron chi connectivity index (χ3n) is 2.91. The molecule has 0 aliphatic heterocycles. The normalized spacial score (nSPS) is 10.6. The molecule has 0 amide bonds. The molecule has 112 valence electrons. The van der Waals surface area contributed by atoms with Crippen molar-refractivity contribution in [1.82, 2.24) is 5.32 Å². The van der Waals surface area contributed by atoms with Crippen LogP contribution < -0.4 is 10.1 Å². The minimum atomic E-state index is -0.986. The van der Waals surface area contributed by atoms with Gasteiger partial charge in [0.1, 0.15) is 5.75 Å². The molecule has 21 heavy (non-hydrogen) atoms. The molecule has 0 aliphatic carbocycles. The molecule has 3 nitrogen and oxygen atoms in total. The smallest absolute Gasteiger partial charge is 0.201 e. The molecule has 2 aromatic carbocycles. The number of hydrogen-bond donors (Lipinski definition) is 1. The summed E-state index contributed by atoms with van der Waals surface area (Å²) in [6.07, 6.45) is 0. The van der Waals surface area contributed by atoms with Gasteiger partial charge in [-0.15, -0.1) is 0 Å². The van der Waals surface area contributed by atoms with Gasteiger partial charge in [0.15, 0.2) is 11.6 Å². The van der Waals surface area contributed by atoms with Gasteiger partial charge in [-0.25, -0.2) is 4.39 Å². The van der Waals surface area contributed by atoms with Gasteiger partial charge < -0.3 is 14.8 Å². The standard InChI is InChI=1S/C16H17F2NO2/c1-20-10-9-19-11-12-5-2-3-7-14(12)21-15-8-4-6-13(17)16(15)18/h2-8,19H,9-11H2,1H3. The van der Waals surface area contributed by atoms with Gasteiger partial charge in [0.2, 0.25) is 5.82 Å². The van der Waals surface area contributed by atoms with Crippen LogP contribution in [0.5, 0.6) is 11.5 Å². The van der Waals surface area contributed by atoms with Gasteiger partial charge in [-0.3, -0.25) is 0 Å². The van der Waals surface area contributed by atoms with Crippen LogP contribution in [0.15, 0.2) is 42.5 Å². The molecule has 0 radical (unpaired) electrons. The van der Waals surface area contributed by atoms with Crippen LogP contribution in [0.3, 0.4) is 0 Å². The molecular formula is C16H17F2NO2. The average molecular weight is 293 g/mol. The number of para-hydroxylation sites is 1. The van der Waals surface area contributed by atoms with Gasteiger partial charge in [-0.2, -0.15) is 4.39 Å². The number of hydrogen-bond acceptors (Lipinski definition) is 3. The predicted molar refractivity (Wildman–Crippen MR) is 76.5 cm³/mol. The van der Waals surface area contributed by atoms with E-state index < -0.39 is 11.6 Å². The number of benzene rings is 2. The molecule has 0 spiro atoms. The lowest BCUT2D eigenvalue weighted by Crippen LogP contribution is -2.18. The first-order chi connectivity index (χ1) is 10.2. The van der Waals surface area contributed by atoms with E-state index in [2.05, 4.69) is 5.32 Å². The van der Waals surface area contributed by atoms with Crippen LogP contribution in [-0.2, 0) is 11.3 Å². The Balaban J connectivity index is 2.11. The molecule has 1 N–H and O–H groups in total. The lowest BCUT2D eigenvalue weighted by Gasteiger charge is -2.12. The van der Waals surface area contributed by atoms with Crippen LogP contribution in [0.25, 0.3) is 0 Å². The van der Waals surface area contributed by atoms with E-state index in [9.17, 15) is 8.78 Å². The number of methoxy groups -OCH3 is 1. The van der Waals surface area contributed by atoms with Crippen molar-refractivity contribution in [3.8, 4) is 11.5 Å². The Hall–Kier alpha value is -1.98. The molecule has 0 fully saturated rings. The first-order valence-electron chi connectivity index (χ1n) is 6.62. The third-order valence-corrected chi connectivity index (χ3v) is 2.91. The van der Waals surface area contributed by atoms with Crippen molar-refractivity contribution in [2.45, 2.75) is 6.54 Å². The van der Waals surface area contributed by atoms with Crippen LogP contribution in [0.4, 0.5) is 8.78 Å². The predicted octanol–water partition coefficient (Wildman–Crippen LogP) is 3.49. The van der Waals surface area contributed by atoms with Crippen LogP contribution in [0, 0.1) is 11.6 Å². The van der Waals surface area contributed by atoms with Crippen molar-refractivity contribution in [1.29, 1.82) is 0 Å². The number of nitrogens with one attached hydrogen (secondary N) is 1. The van der Waals surface area contributed by atoms with Gasteiger partial charge in [-0.05, 0) is 18.2 Å². The molecule has 0 aromatic heterocycles. The summed E-state index contributed by atoms with van der Waals surface area (Å²) in [6.45, 7) is 1.84. The van der Waals surface area contributed by atoms with E-state index in [1.807, 2.05) is 12.1 Å². The molecule has 0 heterocycles. The molecule has 2 aromatic rings. The van der Waals surface area contributed by atoms with Crippen LogP contribution in [0.2, 0.25) is 0 Å². The van der Waals surface area contributed by atoms with Crippen molar-refractivity contribution in [3.63, 3.8) is 0 Å². The SMILES string of the molecule is COCCNCc1ccccc1Oc1cccc(F)c1F. The zero-order chi connectivity index (χ0) is 15.1. The summed E-state index contributed by atoms with van der Waals surface area (Å²) >= 11 is 0. The van der Waals surface area contributed by atoms with E-state index >= 15 is 0 Å². The first-order valence-corrected chi connectivity index (χ1v) is 6.62. The zero-order valence-corrected chi connectivity index (χ0v) is 11.7. The maximum Gasteiger partial charge on any atom is 0.201 e. The van der Waals surface area contributed by atoms with E-state index in [0.717, 1.165) is 11.6 Å². The van der Waals surface area contributed by atoms with E-state index in [0.29, 0.717) is 25.4 Å². The lowest BCUT2D eigenvalue weighted by molar-refractivity contribution is 0.199. The largest absolute Gasteiger partial charge is 0.454 e. The van der Waals surface area contributed by atoms with Crippen LogP contribution in [0.1, 0.15) is 5.56 Å². The Kier molecular flexibility index (Phi) is 5.66. The number of ether oxygens (including phenoxy) is 2. The molecule has 0 atom stereocenters. The quantitative estimate of drug-likeness (QED) is 0.793. The van der Waals surface area contributed by atoms with Crippen molar-refractivity contribution >= 4 is 0 Å². The van der Waals surface area contributed by atoms with Gasteiger partial charge >= 0.3 is 0 Å². The van der Waals surface area contributed by atoms with Crippen LogP contribution >= 0.6 is 0 Å². The molecule has 0 unspecified atom stereocenters. The zero-order valence-electron chi connectivity index (χ0n) is 11.7. The number of rotatable bonds is 7. The monoisotopic (exact) mass is 293 g/mol. The molecule has 0 saturated heterocycles. The Morgan fingerprint density at radius 3 is 2.57 bits per heavy atom. The summed E-state index contributed by atoms with van der Waals surface area (Å²) in [5.74, 6) is -1.55. The molecule has 0 saturated carbocycles. The maximum absolute atomic E-state index is 13.6. The average Bonchev–Trinajstić information content (AvgIpc) is 2.50. The Bertz CT molecular complexity index is 590. The van der Waals surface area contributed by atoms with E-state index in [-0.39, 0.29) is 5.75 Å². The fourth-order valence-corrected chi connectivity index (χ4v) is 1.83. The second-order valence-corrected chi connectivity index (χ2v) is 4.43. The summed E-state index contributed by atoms with van der Waals surface area (Å²) in [5.41, 5.74) is 0.859. The summed E-state index contributed by atoms with van der Waals surface area (Å²) in [6, 6.07) is 11.1. The Labute approximate surface area is 122 Å². The van der Waals surface area contributed by atoms with Crippen molar-refractivity contribution in [2.24, 2.45) is 0 Å². The van der Waals surface area contributed by atoms with Gasteiger partial charge in [0, 0.05) is 25.8 Å². The first kappa shape index (κ1) is 15.4. The van der Waals surface area contributed by atoms with E-state index in [1.54, 1.807) is 19.2 Å². The second-order valence-electron chi connectivity index (χ2n) is 4.43. The Morgan fingerprint density at radius 2 is 1.76 bits per heavy atom. The Morgan fingerprint density at radius 1 is 1.00 bits per heavy atom. The molecule has 0 bridgehead atoms. The maximum atomic E-state index is 13.6. The van der Waals surface area contributed by atoms with E-state index in [1.165, 1.54) is 12.1 Å². The highest BCUT2D eigenvalue weighted by Crippen LogP contribution is 2.28. The second kappa shape index (κ2) is 7.71. The van der Waals surface area contributed by atoms with Crippen molar-refractivity contribution < 1.29 is 18.3 Å². The summed E-state index contributed by atoms with van der Waals surface area (Å²) in [5, 5.41) is 3.18. The highest BCUT2D eigenvalue weighted by atomic mass is 19.2. The highest BCUT2D eigenvalue weighted by molar-refractivity contribution is 5.38. The summed E-state index contributed by atoms with van der Waals surface area (Å²) < 4.78 is 37.3. The van der Waals surface area contributed by atoms with Crippen molar-refractivity contribution in [3.05, 3.63) is 59.7 Å². The number of halogens is 2. The van der Waals surface area contributed by atoms with Gasteiger partial charge in [-0.1, -0.05) is 24.3 Å². The summed E-state index contributed by atoms with van der Waals surface area (Å²) in [7, 11) is 1.63. The fraction of sp³-hybridized carbons (Fsp3) is 0.250. The molecular weight excluding hydrogens is 276 g/mol. The lowest BCUT2D eigenvalue weighted by atomic mass is 10.2. The van der Waals surface area contributed by atoms with E-state index in [4.69, 9.17) is 9.47 Å². The minimum Gasteiger partial charge on any atom is -0.454 e. The highest BCUT2D eigenvalue weighted by Gasteiger charge is 2.11. The fourth-order valence-electron chi connectivity index (χ4n) is 1.83. The van der Waals surface area contributed by atoms with Crippen LogP contribution in [-0.4, -0.2) is 20.3 Å². The minimum absolute atomic E-state index is 0.126. The molecule has 0 aliphatic rings. The van der Waals surface area contributed by atoms with Gasteiger partial charge in [0.05, 0.1) is 6.61 Å². The topological polar surface area (TPSA) is 30.5 Å². The third kappa shape index (κ3) is 4.24. The van der Waals surface area contributed by atoms with Gasteiger partial charge in [0.25, 0.3) is 0 Å². The summed E-state index contributed by atoms with van der Waals surface area (Å²) in [4.78, 5) is 0. The van der Waals surface area contributed by atoms with Crippen molar-refractivity contribution in [2.75, 3.05) is 20.3 Å². The molecule has 5 heteroatoms. The molecule has 2 rings (SSSR count).